The van der Waals surface area contributed by atoms with E-state index in [1.165, 1.54) is 0 Å². The number of nitrogens with zero attached hydrogens (tertiary/aromatic N) is 1. The number of carbonyl (C=O) groups is 1. The molecule has 94 valence electrons. The summed E-state index contributed by atoms with van der Waals surface area (Å²) in [5.74, 6) is -0.0786. The van der Waals surface area contributed by atoms with Crippen molar-refractivity contribution in [3.05, 3.63) is 0 Å². The van der Waals surface area contributed by atoms with Crippen molar-refractivity contribution in [2.45, 2.75) is 27.2 Å². The van der Waals surface area contributed by atoms with Gasteiger partial charge in [-0.25, -0.2) is 0 Å². The number of rotatable bonds is 5. The average molecular weight is 228 g/mol. The highest BCUT2D eigenvalue weighted by Gasteiger charge is 2.26. The maximum Gasteiger partial charge on any atom is 0.311 e. The Morgan fingerprint density at radius 3 is 2.56 bits per heavy atom. The second kappa shape index (κ2) is 6.21. The molecule has 1 N–H and O–H groups in total. The van der Waals surface area contributed by atoms with Crippen molar-refractivity contribution in [2.24, 2.45) is 5.41 Å². The first-order chi connectivity index (χ1) is 7.56. The molecule has 1 heterocycles. The summed E-state index contributed by atoms with van der Waals surface area (Å²) in [5, 5.41) is 3.30. The minimum atomic E-state index is -0.344. The molecule has 0 aromatic rings. The Bertz CT molecular complexity index is 223. The highest BCUT2D eigenvalue weighted by Crippen LogP contribution is 2.21. The van der Waals surface area contributed by atoms with Gasteiger partial charge in [0.25, 0.3) is 0 Å². The number of hydrogen-bond donors (Lipinski definition) is 1. The molecule has 0 amide bonds. The van der Waals surface area contributed by atoms with Crippen LogP contribution in [-0.4, -0.2) is 50.2 Å². The quantitative estimate of drug-likeness (QED) is 0.709. The lowest BCUT2D eigenvalue weighted by Gasteiger charge is -2.27. The predicted molar refractivity (Wildman–Crippen MR) is 64.3 cm³/mol. The molecule has 1 aliphatic rings. The first-order valence-corrected chi connectivity index (χ1v) is 6.16. The SMILES string of the molecule is CCC(C)(C)C(=O)OCCN1CCNCC1. The van der Waals surface area contributed by atoms with Gasteiger partial charge in [-0.1, -0.05) is 6.92 Å². The molecule has 16 heavy (non-hydrogen) atoms. The zero-order chi connectivity index (χ0) is 12.0. The van der Waals surface area contributed by atoms with Crippen LogP contribution in [0.25, 0.3) is 0 Å². The van der Waals surface area contributed by atoms with Gasteiger partial charge in [-0.15, -0.1) is 0 Å². The molecular formula is C12H24N2O2. The Morgan fingerprint density at radius 1 is 1.38 bits per heavy atom. The molecule has 0 aromatic heterocycles. The molecule has 0 radical (unpaired) electrons. The average Bonchev–Trinajstić information content (AvgIpc) is 2.30. The first-order valence-electron chi connectivity index (χ1n) is 6.16. The maximum atomic E-state index is 11.7. The molecule has 1 saturated heterocycles. The smallest absolute Gasteiger partial charge is 0.311 e. The van der Waals surface area contributed by atoms with Crippen LogP contribution in [0.3, 0.4) is 0 Å². The van der Waals surface area contributed by atoms with Crippen LogP contribution in [0.15, 0.2) is 0 Å². The van der Waals surface area contributed by atoms with E-state index < -0.39 is 0 Å². The summed E-state index contributed by atoms with van der Waals surface area (Å²) in [6.45, 7) is 11.4. The Morgan fingerprint density at radius 2 is 2.00 bits per heavy atom. The second-order valence-corrected chi connectivity index (χ2v) is 4.96. The summed E-state index contributed by atoms with van der Waals surface area (Å²) in [6.07, 6.45) is 0.819. The lowest BCUT2D eigenvalue weighted by molar-refractivity contribution is -0.154. The molecule has 1 rings (SSSR count). The van der Waals surface area contributed by atoms with Crippen LogP contribution in [0, 0.1) is 5.41 Å². The molecule has 0 bridgehead atoms. The fraction of sp³-hybridized carbons (Fsp3) is 0.917. The van der Waals surface area contributed by atoms with Gasteiger partial charge in [0.2, 0.25) is 0 Å². The van der Waals surface area contributed by atoms with E-state index in [1.807, 2.05) is 20.8 Å². The third-order valence-electron chi connectivity index (χ3n) is 3.29. The van der Waals surface area contributed by atoms with Crippen LogP contribution in [-0.2, 0) is 9.53 Å². The van der Waals surface area contributed by atoms with Crippen LogP contribution >= 0.6 is 0 Å². The molecule has 0 saturated carbocycles. The number of nitrogens with one attached hydrogen (secondary N) is 1. The third kappa shape index (κ3) is 4.10. The number of carbonyl (C=O) groups excluding carboxylic acids is 1. The van der Waals surface area contributed by atoms with E-state index in [4.69, 9.17) is 4.74 Å². The minimum absolute atomic E-state index is 0.0786. The topological polar surface area (TPSA) is 41.6 Å². The molecule has 1 fully saturated rings. The van der Waals surface area contributed by atoms with Crippen LogP contribution < -0.4 is 5.32 Å². The third-order valence-corrected chi connectivity index (χ3v) is 3.29. The Balaban J connectivity index is 2.17. The number of piperazine rings is 1. The fourth-order valence-electron chi connectivity index (χ4n) is 1.54. The van der Waals surface area contributed by atoms with Crippen molar-refractivity contribution in [3.8, 4) is 0 Å². The fourth-order valence-corrected chi connectivity index (χ4v) is 1.54. The Kier molecular flexibility index (Phi) is 5.22. The van der Waals surface area contributed by atoms with E-state index in [0.717, 1.165) is 39.1 Å². The van der Waals surface area contributed by atoms with E-state index in [9.17, 15) is 4.79 Å². The van der Waals surface area contributed by atoms with Crippen molar-refractivity contribution in [2.75, 3.05) is 39.3 Å². The van der Waals surface area contributed by atoms with Gasteiger partial charge >= 0.3 is 5.97 Å². The summed E-state index contributed by atoms with van der Waals surface area (Å²) >= 11 is 0. The molecule has 1 aliphatic heterocycles. The van der Waals surface area contributed by atoms with E-state index in [2.05, 4.69) is 10.2 Å². The maximum absolute atomic E-state index is 11.7. The summed E-state index contributed by atoms with van der Waals surface area (Å²) in [7, 11) is 0. The number of esters is 1. The molecule has 0 aliphatic carbocycles. The van der Waals surface area contributed by atoms with E-state index in [-0.39, 0.29) is 11.4 Å². The van der Waals surface area contributed by atoms with Crippen LogP contribution in [0.5, 0.6) is 0 Å². The van der Waals surface area contributed by atoms with Gasteiger partial charge in [0, 0.05) is 32.7 Å². The van der Waals surface area contributed by atoms with Gasteiger partial charge in [0.05, 0.1) is 5.41 Å². The van der Waals surface area contributed by atoms with Crippen molar-refractivity contribution in [3.63, 3.8) is 0 Å². The summed E-state index contributed by atoms with van der Waals surface area (Å²) in [5.41, 5.74) is -0.344. The van der Waals surface area contributed by atoms with Crippen LogP contribution in [0.4, 0.5) is 0 Å². The number of hydrogen-bond acceptors (Lipinski definition) is 4. The molecule has 0 unspecified atom stereocenters. The summed E-state index contributed by atoms with van der Waals surface area (Å²) in [6, 6.07) is 0. The van der Waals surface area contributed by atoms with E-state index in [0.29, 0.717) is 6.61 Å². The van der Waals surface area contributed by atoms with Crippen molar-refractivity contribution < 1.29 is 9.53 Å². The van der Waals surface area contributed by atoms with Gasteiger partial charge in [0.1, 0.15) is 6.61 Å². The normalized spacial score (nSPS) is 18.4. The monoisotopic (exact) mass is 228 g/mol. The standard InChI is InChI=1S/C12H24N2O2/c1-4-12(2,3)11(15)16-10-9-14-7-5-13-6-8-14/h13H,4-10H2,1-3H3. The largest absolute Gasteiger partial charge is 0.464 e. The van der Waals surface area contributed by atoms with Crippen LogP contribution in [0.2, 0.25) is 0 Å². The first kappa shape index (κ1) is 13.5. The molecule has 4 heteroatoms. The summed E-state index contributed by atoms with van der Waals surface area (Å²) in [4.78, 5) is 14.0. The molecule has 0 spiro atoms. The van der Waals surface area contributed by atoms with Crippen molar-refractivity contribution >= 4 is 5.97 Å². The molecular weight excluding hydrogens is 204 g/mol. The molecule has 0 aromatic carbocycles. The van der Waals surface area contributed by atoms with Crippen molar-refractivity contribution in [1.82, 2.24) is 10.2 Å². The van der Waals surface area contributed by atoms with E-state index >= 15 is 0 Å². The van der Waals surface area contributed by atoms with Gasteiger partial charge in [-0.2, -0.15) is 0 Å². The highest BCUT2D eigenvalue weighted by molar-refractivity contribution is 5.75. The minimum Gasteiger partial charge on any atom is -0.464 e. The Labute approximate surface area is 98.3 Å². The van der Waals surface area contributed by atoms with E-state index in [1.54, 1.807) is 0 Å². The highest BCUT2D eigenvalue weighted by atomic mass is 16.5. The Hall–Kier alpha value is -0.610. The van der Waals surface area contributed by atoms with Crippen LogP contribution in [0.1, 0.15) is 27.2 Å². The predicted octanol–water partition coefficient (Wildman–Crippen LogP) is 0.871. The lowest BCUT2D eigenvalue weighted by Crippen LogP contribution is -2.45. The molecule has 0 atom stereocenters. The van der Waals surface area contributed by atoms with Gasteiger partial charge in [-0.3, -0.25) is 9.69 Å². The van der Waals surface area contributed by atoms with Gasteiger partial charge in [-0.05, 0) is 20.3 Å². The number of ether oxygens (including phenoxy) is 1. The molecule has 4 nitrogen and oxygen atoms in total. The van der Waals surface area contributed by atoms with Gasteiger partial charge in [0.15, 0.2) is 0 Å². The van der Waals surface area contributed by atoms with Crippen molar-refractivity contribution in [1.29, 1.82) is 0 Å². The van der Waals surface area contributed by atoms with Gasteiger partial charge < -0.3 is 10.1 Å². The zero-order valence-corrected chi connectivity index (χ0v) is 10.7. The lowest BCUT2D eigenvalue weighted by atomic mass is 9.91. The zero-order valence-electron chi connectivity index (χ0n) is 10.7. The second-order valence-electron chi connectivity index (χ2n) is 4.96. The summed E-state index contributed by atoms with van der Waals surface area (Å²) < 4.78 is 5.30.